The predicted octanol–water partition coefficient (Wildman–Crippen LogP) is 4.70. The van der Waals surface area contributed by atoms with Gasteiger partial charge >= 0.3 is 0 Å². The number of benzene rings is 2. The van der Waals surface area contributed by atoms with E-state index in [1.807, 2.05) is 6.92 Å². The van der Waals surface area contributed by atoms with Crippen LogP contribution in [0.2, 0.25) is 5.02 Å². The summed E-state index contributed by atoms with van der Waals surface area (Å²) < 4.78 is 11.1. The van der Waals surface area contributed by atoms with Crippen molar-refractivity contribution in [3.05, 3.63) is 66.2 Å². The molecule has 0 aliphatic carbocycles. The second-order valence-corrected chi connectivity index (χ2v) is 5.52. The fourth-order valence-electron chi connectivity index (χ4n) is 2.04. The first-order valence-electron chi connectivity index (χ1n) is 7.69. The number of amides is 1. The quantitative estimate of drug-likeness (QED) is 0.705. The molecule has 0 saturated heterocycles. The Morgan fingerprint density at radius 2 is 2.00 bits per heavy atom. The van der Waals surface area contributed by atoms with Crippen LogP contribution >= 0.6 is 11.6 Å². The molecule has 1 atom stereocenters. The van der Waals surface area contributed by atoms with Gasteiger partial charge in [0.25, 0.3) is 5.91 Å². The fourth-order valence-corrected chi connectivity index (χ4v) is 2.22. The van der Waals surface area contributed by atoms with E-state index in [0.717, 1.165) is 5.75 Å². The first kappa shape index (κ1) is 17.9. The van der Waals surface area contributed by atoms with Gasteiger partial charge in [0.2, 0.25) is 0 Å². The van der Waals surface area contributed by atoms with Crippen molar-refractivity contribution in [1.82, 2.24) is 0 Å². The lowest BCUT2D eigenvalue weighted by atomic mass is 10.2. The zero-order chi connectivity index (χ0) is 17.4. The Kier molecular flexibility index (Phi) is 6.70. The van der Waals surface area contributed by atoms with Crippen molar-refractivity contribution in [2.45, 2.75) is 19.4 Å². The highest BCUT2D eigenvalue weighted by Gasteiger charge is 2.18. The first-order chi connectivity index (χ1) is 11.6. The number of ether oxygens (including phenoxy) is 2. The summed E-state index contributed by atoms with van der Waals surface area (Å²) in [6, 6.07) is 14.1. The molecular formula is C19H20ClNO3. The molecule has 0 aliphatic rings. The van der Waals surface area contributed by atoms with Crippen molar-refractivity contribution >= 4 is 23.2 Å². The highest BCUT2D eigenvalue weighted by Crippen LogP contribution is 2.20. The zero-order valence-corrected chi connectivity index (χ0v) is 14.3. The Balaban J connectivity index is 1.97. The molecule has 0 saturated carbocycles. The average Bonchev–Trinajstić information content (AvgIpc) is 2.59. The summed E-state index contributed by atoms with van der Waals surface area (Å²) in [4.78, 5) is 12.4. The molecule has 2 aromatic carbocycles. The summed E-state index contributed by atoms with van der Waals surface area (Å²) in [5, 5.41) is 3.41. The number of anilines is 1. The van der Waals surface area contributed by atoms with E-state index in [9.17, 15) is 4.79 Å². The van der Waals surface area contributed by atoms with Crippen LogP contribution in [0.25, 0.3) is 0 Å². The topological polar surface area (TPSA) is 47.6 Å². The Hall–Kier alpha value is -2.46. The average molecular weight is 346 g/mol. The molecule has 0 radical (unpaired) electrons. The van der Waals surface area contributed by atoms with E-state index in [1.165, 1.54) is 0 Å². The van der Waals surface area contributed by atoms with Crippen molar-refractivity contribution in [1.29, 1.82) is 0 Å². The molecule has 0 spiro atoms. The molecule has 5 heteroatoms. The molecule has 0 aromatic heterocycles. The Morgan fingerprint density at radius 3 is 2.62 bits per heavy atom. The van der Waals surface area contributed by atoms with Gasteiger partial charge in [0.15, 0.2) is 6.10 Å². The third-order valence-corrected chi connectivity index (χ3v) is 3.46. The summed E-state index contributed by atoms with van der Waals surface area (Å²) in [5.41, 5.74) is 0.680. The lowest BCUT2D eigenvalue weighted by molar-refractivity contribution is -0.122. The third kappa shape index (κ3) is 5.32. The van der Waals surface area contributed by atoms with Crippen LogP contribution in [0.5, 0.6) is 11.5 Å². The number of carbonyl (C=O) groups is 1. The lowest BCUT2D eigenvalue weighted by Crippen LogP contribution is -2.32. The summed E-state index contributed by atoms with van der Waals surface area (Å²) in [6.07, 6.45) is 1.62. The minimum atomic E-state index is -0.597. The van der Waals surface area contributed by atoms with Gasteiger partial charge in [0.1, 0.15) is 18.1 Å². The zero-order valence-electron chi connectivity index (χ0n) is 13.5. The number of hydrogen-bond acceptors (Lipinski definition) is 3. The van der Waals surface area contributed by atoms with Gasteiger partial charge < -0.3 is 14.8 Å². The van der Waals surface area contributed by atoms with Crippen LogP contribution in [-0.2, 0) is 4.79 Å². The van der Waals surface area contributed by atoms with Gasteiger partial charge in [0, 0.05) is 10.7 Å². The van der Waals surface area contributed by atoms with Gasteiger partial charge in [-0.25, -0.2) is 0 Å². The third-order valence-electron chi connectivity index (χ3n) is 3.23. The SMILES string of the molecule is C=CCOc1ccc(NC(=O)C(CC)Oc2cccc(Cl)c2)cc1. The summed E-state index contributed by atoms with van der Waals surface area (Å²) >= 11 is 5.93. The van der Waals surface area contributed by atoms with Crippen LogP contribution in [0, 0.1) is 0 Å². The number of carbonyl (C=O) groups excluding carboxylic acids is 1. The summed E-state index contributed by atoms with van der Waals surface area (Å²) in [6.45, 7) is 5.93. The van der Waals surface area contributed by atoms with E-state index in [0.29, 0.717) is 29.5 Å². The minimum Gasteiger partial charge on any atom is -0.490 e. The smallest absolute Gasteiger partial charge is 0.265 e. The van der Waals surface area contributed by atoms with E-state index in [4.69, 9.17) is 21.1 Å². The van der Waals surface area contributed by atoms with E-state index >= 15 is 0 Å². The molecule has 0 bridgehead atoms. The second-order valence-electron chi connectivity index (χ2n) is 5.09. The Labute approximate surface area is 147 Å². The van der Waals surface area contributed by atoms with Crippen molar-refractivity contribution in [3.8, 4) is 11.5 Å². The molecule has 0 aliphatic heterocycles. The first-order valence-corrected chi connectivity index (χ1v) is 8.07. The van der Waals surface area contributed by atoms with Gasteiger partial charge in [-0.3, -0.25) is 4.79 Å². The van der Waals surface area contributed by atoms with E-state index in [2.05, 4.69) is 11.9 Å². The van der Waals surface area contributed by atoms with Crippen LogP contribution in [0.4, 0.5) is 5.69 Å². The van der Waals surface area contributed by atoms with Crippen LogP contribution in [0.15, 0.2) is 61.2 Å². The molecule has 1 amide bonds. The Bertz CT molecular complexity index is 685. The van der Waals surface area contributed by atoms with Crippen molar-refractivity contribution < 1.29 is 14.3 Å². The highest BCUT2D eigenvalue weighted by atomic mass is 35.5. The number of nitrogens with one attached hydrogen (secondary N) is 1. The molecule has 0 fully saturated rings. The second kappa shape index (κ2) is 8.99. The molecule has 4 nitrogen and oxygen atoms in total. The van der Waals surface area contributed by atoms with Gasteiger partial charge in [0.05, 0.1) is 0 Å². The summed E-state index contributed by atoms with van der Waals surface area (Å²) in [5.74, 6) is 1.07. The number of rotatable bonds is 8. The van der Waals surface area contributed by atoms with Crippen molar-refractivity contribution in [2.75, 3.05) is 11.9 Å². The molecule has 2 aromatic rings. The molecule has 24 heavy (non-hydrogen) atoms. The van der Waals surface area contributed by atoms with Gasteiger partial charge in [-0.2, -0.15) is 0 Å². The highest BCUT2D eigenvalue weighted by molar-refractivity contribution is 6.30. The summed E-state index contributed by atoms with van der Waals surface area (Å²) in [7, 11) is 0. The number of hydrogen-bond donors (Lipinski definition) is 1. The van der Waals surface area contributed by atoms with Crippen LogP contribution in [0.3, 0.4) is 0 Å². The molecule has 0 heterocycles. The lowest BCUT2D eigenvalue weighted by Gasteiger charge is -2.17. The molecule has 1 N–H and O–H groups in total. The van der Waals surface area contributed by atoms with E-state index < -0.39 is 6.10 Å². The maximum atomic E-state index is 12.4. The van der Waals surface area contributed by atoms with Crippen LogP contribution in [0.1, 0.15) is 13.3 Å². The molecule has 126 valence electrons. The largest absolute Gasteiger partial charge is 0.490 e. The fraction of sp³-hybridized carbons (Fsp3) is 0.211. The number of halogens is 1. The van der Waals surface area contributed by atoms with Crippen molar-refractivity contribution in [3.63, 3.8) is 0 Å². The van der Waals surface area contributed by atoms with Gasteiger partial charge in [-0.15, -0.1) is 0 Å². The minimum absolute atomic E-state index is 0.211. The monoisotopic (exact) mass is 345 g/mol. The van der Waals surface area contributed by atoms with Gasteiger partial charge in [-0.1, -0.05) is 37.2 Å². The van der Waals surface area contributed by atoms with Gasteiger partial charge in [-0.05, 0) is 48.9 Å². The molecule has 2 rings (SSSR count). The Morgan fingerprint density at radius 1 is 1.25 bits per heavy atom. The standard InChI is InChI=1S/C19H20ClNO3/c1-3-12-23-16-10-8-15(9-11-16)21-19(22)18(4-2)24-17-7-5-6-14(20)13-17/h3,5-11,13,18H,1,4,12H2,2H3,(H,21,22). The van der Waals surface area contributed by atoms with E-state index in [1.54, 1.807) is 54.6 Å². The molecule has 1 unspecified atom stereocenters. The molecular weight excluding hydrogens is 326 g/mol. The van der Waals surface area contributed by atoms with Crippen LogP contribution in [-0.4, -0.2) is 18.6 Å². The van der Waals surface area contributed by atoms with Crippen molar-refractivity contribution in [2.24, 2.45) is 0 Å². The maximum absolute atomic E-state index is 12.4. The maximum Gasteiger partial charge on any atom is 0.265 e. The predicted molar refractivity (Wildman–Crippen MR) is 96.9 cm³/mol. The normalized spacial score (nSPS) is 11.4. The van der Waals surface area contributed by atoms with Crippen LogP contribution < -0.4 is 14.8 Å². The van der Waals surface area contributed by atoms with E-state index in [-0.39, 0.29) is 5.91 Å².